The van der Waals surface area contributed by atoms with E-state index < -0.39 is 12.3 Å². The molecule has 3 aromatic carbocycles. The number of amides is 1. The van der Waals surface area contributed by atoms with Crippen molar-refractivity contribution in [2.75, 3.05) is 12.3 Å². The maximum absolute atomic E-state index is 13.7. The van der Waals surface area contributed by atoms with E-state index in [1.807, 2.05) is 65.5 Å². The molecule has 35 heavy (non-hydrogen) atoms. The third-order valence-electron chi connectivity index (χ3n) is 6.27. The van der Waals surface area contributed by atoms with E-state index >= 15 is 0 Å². The minimum Gasteiger partial charge on any atom is -0.399 e. The Bertz CT molecular complexity index is 1330. The Balaban J connectivity index is 1.53. The lowest BCUT2D eigenvalue weighted by Crippen LogP contribution is -2.32. The van der Waals surface area contributed by atoms with Crippen LogP contribution in [0.3, 0.4) is 0 Å². The summed E-state index contributed by atoms with van der Waals surface area (Å²) in [5.74, 6) is -0.347. The van der Waals surface area contributed by atoms with Crippen LogP contribution in [0.15, 0.2) is 89.7 Å². The van der Waals surface area contributed by atoms with E-state index in [1.165, 1.54) is 12.1 Å². The van der Waals surface area contributed by atoms with E-state index in [9.17, 15) is 9.18 Å². The number of nitrogens with zero attached hydrogens (tertiary/aromatic N) is 2. The molecule has 2 atom stereocenters. The fourth-order valence-electron chi connectivity index (χ4n) is 4.38. The number of anilines is 1. The number of carbonyl (C=O) groups is 1. The topological polar surface area (TPSA) is 60.5 Å². The first kappa shape index (κ1) is 23.3. The van der Waals surface area contributed by atoms with E-state index in [-0.39, 0.29) is 11.7 Å². The minimum atomic E-state index is -0.553. The summed E-state index contributed by atoms with van der Waals surface area (Å²) in [6.07, 6.45) is 3.57. The van der Waals surface area contributed by atoms with Crippen molar-refractivity contribution >= 4 is 27.5 Å². The molecule has 0 unspecified atom stereocenters. The molecule has 1 aliphatic rings. The first-order valence-electron chi connectivity index (χ1n) is 11.4. The van der Waals surface area contributed by atoms with Gasteiger partial charge in [-0.15, -0.1) is 0 Å². The third-order valence-corrected chi connectivity index (χ3v) is 6.80. The predicted molar refractivity (Wildman–Crippen MR) is 138 cm³/mol. The summed E-state index contributed by atoms with van der Waals surface area (Å²) < 4.78 is 22.9. The average Bonchev–Trinajstić information content (AvgIpc) is 3.41. The van der Waals surface area contributed by atoms with E-state index in [0.29, 0.717) is 18.7 Å². The van der Waals surface area contributed by atoms with E-state index in [0.717, 1.165) is 32.4 Å². The maximum atomic E-state index is 13.7. The summed E-state index contributed by atoms with van der Waals surface area (Å²) in [5, 5.41) is 0. The number of ether oxygens (including phenoxy) is 1. The molecular weight excluding hydrogens is 509 g/mol. The molecule has 1 fully saturated rings. The largest absolute Gasteiger partial charge is 0.399 e. The van der Waals surface area contributed by atoms with Crippen molar-refractivity contribution in [3.05, 3.63) is 107 Å². The molecule has 1 amide bonds. The van der Waals surface area contributed by atoms with Crippen molar-refractivity contribution in [2.24, 2.45) is 0 Å². The SMILES string of the molecule is C[C@H]1O[C@@H](c2cn(-c3ccc(Br)cc3)cc2-c2ccc(F)cc2)N(CCc2ccc(N)cc2)C1=O. The van der Waals surface area contributed by atoms with Gasteiger partial charge in [0.25, 0.3) is 5.91 Å². The fourth-order valence-corrected chi connectivity index (χ4v) is 4.64. The highest BCUT2D eigenvalue weighted by molar-refractivity contribution is 9.10. The van der Waals surface area contributed by atoms with Crippen LogP contribution in [-0.2, 0) is 16.0 Å². The standard InChI is InChI=1S/C28H25BrFN3O2/c1-18-27(34)33(15-14-19-2-10-23(31)11-3-19)28(35-18)26-17-32(24-12-6-21(29)7-13-24)16-25(26)20-4-8-22(30)9-5-20/h2-13,16-18,28H,14-15,31H2,1H3/t18-,28+/m1/s1. The van der Waals surface area contributed by atoms with Crippen molar-refractivity contribution < 1.29 is 13.9 Å². The number of nitrogens with two attached hydrogens (primary N) is 1. The lowest BCUT2D eigenvalue weighted by molar-refractivity contribution is -0.130. The maximum Gasteiger partial charge on any atom is 0.253 e. The predicted octanol–water partition coefficient (Wildman–Crippen LogP) is 6.12. The lowest BCUT2D eigenvalue weighted by Gasteiger charge is -2.24. The molecule has 7 heteroatoms. The Morgan fingerprint density at radius 1 is 0.971 bits per heavy atom. The highest BCUT2D eigenvalue weighted by Gasteiger charge is 2.40. The average molecular weight is 534 g/mol. The second-order valence-electron chi connectivity index (χ2n) is 8.67. The highest BCUT2D eigenvalue weighted by atomic mass is 79.9. The molecule has 0 saturated carbocycles. The number of aromatic nitrogens is 1. The summed E-state index contributed by atoms with van der Waals surface area (Å²) in [6, 6.07) is 22.0. The Labute approximate surface area is 212 Å². The highest BCUT2D eigenvalue weighted by Crippen LogP contribution is 2.39. The summed E-state index contributed by atoms with van der Waals surface area (Å²) >= 11 is 3.48. The van der Waals surface area contributed by atoms with Crippen molar-refractivity contribution in [1.82, 2.24) is 9.47 Å². The Kier molecular flexibility index (Phi) is 6.45. The fraction of sp³-hybridized carbons (Fsp3) is 0.179. The normalized spacial score (nSPS) is 17.8. The van der Waals surface area contributed by atoms with Crippen molar-refractivity contribution in [2.45, 2.75) is 25.7 Å². The molecule has 0 spiro atoms. The molecule has 2 N–H and O–H groups in total. The molecule has 0 bridgehead atoms. The zero-order valence-corrected chi connectivity index (χ0v) is 20.8. The van der Waals surface area contributed by atoms with Crippen LogP contribution in [-0.4, -0.2) is 28.0 Å². The van der Waals surface area contributed by atoms with Crippen molar-refractivity contribution in [3.63, 3.8) is 0 Å². The zero-order valence-electron chi connectivity index (χ0n) is 19.2. The first-order chi connectivity index (χ1) is 16.9. The third kappa shape index (κ3) is 4.88. The molecule has 1 saturated heterocycles. The first-order valence-corrected chi connectivity index (χ1v) is 12.2. The molecule has 0 radical (unpaired) electrons. The second kappa shape index (κ2) is 9.68. The van der Waals surface area contributed by atoms with Crippen LogP contribution in [0.25, 0.3) is 16.8 Å². The monoisotopic (exact) mass is 533 g/mol. The van der Waals surface area contributed by atoms with Crippen LogP contribution in [0.4, 0.5) is 10.1 Å². The molecule has 178 valence electrons. The van der Waals surface area contributed by atoms with E-state index in [2.05, 4.69) is 15.9 Å². The summed E-state index contributed by atoms with van der Waals surface area (Å²) in [7, 11) is 0. The minimum absolute atomic E-state index is 0.0492. The summed E-state index contributed by atoms with van der Waals surface area (Å²) in [4.78, 5) is 14.9. The van der Waals surface area contributed by atoms with Crippen LogP contribution in [0.5, 0.6) is 0 Å². The lowest BCUT2D eigenvalue weighted by atomic mass is 10.0. The van der Waals surface area contributed by atoms with Gasteiger partial charge in [-0.1, -0.05) is 40.2 Å². The van der Waals surface area contributed by atoms with Crippen LogP contribution >= 0.6 is 15.9 Å². The van der Waals surface area contributed by atoms with Gasteiger partial charge in [-0.2, -0.15) is 0 Å². The van der Waals surface area contributed by atoms with Gasteiger partial charge >= 0.3 is 0 Å². The van der Waals surface area contributed by atoms with E-state index in [1.54, 1.807) is 24.0 Å². The number of benzene rings is 3. The van der Waals surface area contributed by atoms with Gasteiger partial charge in [-0.3, -0.25) is 4.79 Å². The smallest absolute Gasteiger partial charge is 0.253 e. The van der Waals surface area contributed by atoms with Gasteiger partial charge in [0.1, 0.15) is 11.9 Å². The van der Waals surface area contributed by atoms with Gasteiger partial charge in [0.2, 0.25) is 0 Å². The van der Waals surface area contributed by atoms with Crippen LogP contribution in [0, 0.1) is 5.82 Å². The number of carbonyl (C=O) groups excluding carboxylic acids is 1. The summed E-state index contributed by atoms with van der Waals surface area (Å²) in [5.41, 5.74) is 11.2. The van der Waals surface area contributed by atoms with Crippen molar-refractivity contribution in [1.29, 1.82) is 0 Å². The van der Waals surface area contributed by atoms with Crippen molar-refractivity contribution in [3.8, 4) is 16.8 Å². The molecule has 4 aromatic rings. The van der Waals surface area contributed by atoms with Gasteiger partial charge in [0.15, 0.2) is 6.23 Å². The van der Waals surface area contributed by atoms with Crippen LogP contribution in [0.2, 0.25) is 0 Å². The summed E-state index contributed by atoms with van der Waals surface area (Å²) in [6.45, 7) is 2.28. The molecule has 5 rings (SSSR count). The molecule has 0 aliphatic carbocycles. The Morgan fingerprint density at radius 3 is 2.34 bits per heavy atom. The Hall–Kier alpha value is -3.42. The number of halogens is 2. The molecule has 2 heterocycles. The second-order valence-corrected chi connectivity index (χ2v) is 9.59. The van der Waals surface area contributed by atoms with Gasteiger partial charge in [0.05, 0.1) is 0 Å². The van der Waals surface area contributed by atoms with Gasteiger partial charge < -0.3 is 19.9 Å². The zero-order chi connectivity index (χ0) is 24.5. The number of nitrogen functional groups attached to an aromatic ring is 1. The molecular formula is C28H25BrFN3O2. The van der Waals surface area contributed by atoms with Gasteiger partial charge in [-0.25, -0.2) is 4.39 Å². The van der Waals surface area contributed by atoms with Gasteiger partial charge in [-0.05, 0) is 73.0 Å². The number of hydrogen-bond donors (Lipinski definition) is 1. The number of hydrogen-bond acceptors (Lipinski definition) is 3. The van der Waals surface area contributed by atoms with E-state index in [4.69, 9.17) is 10.5 Å². The molecule has 1 aliphatic heterocycles. The molecule has 5 nitrogen and oxygen atoms in total. The van der Waals surface area contributed by atoms with Gasteiger partial charge in [0, 0.05) is 45.9 Å². The molecule has 1 aromatic heterocycles. The van der Waals surface area contributed by atoms with Crippen LogP contribution < -0.4 is 5.73 Å². The quantitative estimate of drug-likeness (QED) is 0.304. The number of rotatable bonds is 6. The Morgan fingerprint density at radius 2 is 1.66 bits per heavy atom. The van der Waals surface area contributed by atoms with Crippen LogP contribution in [0.1, 0.15) is 24.3 Å².